The van der Waals surface area contributed by atoms with Crippen LogP contribution in [0.5, 0.6) is 5.75 Å². The van der Waals surface area contributed by atoms with Gasteiger partial charge in [0.25, 0.3) is 5.91 Å². The number of fused-ring (bicyclic) bond motifs is 1. The average molecular weight is 340 g/mol. The maximum atomic E-state index is 11.9. The molecule has 4 heteroatoms. The number of hydrogen-bond acceptors (Lipinski definition) is 2. The molecule has 0 bridgehead atoms. The molecule has 1 amide bonds. The fourth-order valence-corrected chi connectivity index (χ4v) is 2.77. The van der Waals surface area contributed by atoms with E-state index in [2.05, 4.69) is 5.32 Å². The number of ether oxygens (including phenoxy) is 1. The number of benzene rings is 3. The minimum Gasteiger partial charge on any atom is -0.483 e. The molecule has 0 saturated carbocycles. The van der Waals surface area contributed by atoms with Crippen LogP contribution in [0.25, 0.3) is 10.8 Å². The summed E-state index contributed by atoms with van der Waals surface area (Å²) in [6.07, 6.45) is 0.802. The molecule has 0 saturated heterocycles. The summed E-state index contributed by atoms with van der Waals surface area (Å²) in [4.78, 5) is 11.9. The number of nitrogens with one attached hydrogen (secondary N) is 1. The Morgan fingerprint density at radius 2 is 1.62 bits per heavy atom. The van der Waals surface area contributed by atoms with Crippen LogP contribution in [0.4, 0.5) is 0 Å². The van der Waals surface area contributed by atoms with Gasteiger partial charge < -0.3 is 10.1 Å². The molecule has 0 heterocycles. The molecule has 3 nitrogen and oxygen atoms in total. The van der Waals surface area contributed by atoms with Gasteiger partial charge in [0.2, 0.25) is 0 Å². The summed E-state index contributed by atoms with van der Waals surface area (Å²) in [6, 6.07) is 21.3. The van der Waals surface area contributed by atoms with E-state index >= 15 is 0 Å². The van der Waals surface area contributed by atoms with Crippen LogP contribution in [-0.2, 0) is 11.2 Å². The number of amides is 1. The van der Waals surface area contributed by atoms with E-state index in [-0.39, 0.29) is 12.5 Å². The van der Waals surface area contributed by atoms with Gasteiger partial charge in [-0.15, -0.1) is 0 Å². The lowest BCUT2D eigenvalue weighted by Gasteiger charge is -2.10. The highest BCUT2D eigenvalue weighted by molar-refractivity contribution is 6.35. The SMILES string of the molecule is O=C(COc1ccc(Cl)c2ccccc12)NCCc1ccccc1. The van der Waals surface area contributed by atoms with Crippen molar-refractivity contribution in [3.05, 3.63) is 77.3 Å². The molecular formula is C20H18ClNO2. The van der Waals surface area contributed by atoms with E-state index in [4.69, 9.17) is 16.3 Å². The van der Waals surface area contributed by atoms with Crippen molar-refractivity contribution in [1.82, 2.24) is 5.32 Å². The fourth-order valence-electron chi connectivity index (χ4n) is 2.55. The van der Waals surface area contributed by atoms with Gasteiger partial charge in [0.15, 0.2) is 6.61 Å². The fraction of sp³-hybridized carbons (Fsp3) is 0.150. The summed E-state index contributed by atoms with van der Waals surface area (Å²) in [5.41, 5.74) is 1.20. The summed E-state index contributed by atoms with van der Waals surface area (Å²) in [6.45, 7) is 0.577. The molecule has 1 N–H and O–H groups in total. The summed E-state index contributed by atoms with van der Waals surface area (Å²) < 4.78 is 5.67. The van der Waals surface area contributed by atoms with E-state index in [1.165, 1.54) is 5.56 Å². The zero-order valence-corrected chi connectivity index (χ0v) is 13.9. The van der Waals surface area contributed by atoms with E-state index < -0.39 is 0 Å². The lowest BCUT2D eigenvalue weighted by molar-refractivity contribution is -0.123. The van der Waals surface area contributed by atoms with E-state index in [1.807, 2.05) is 54.6 Å². The highest BCUT2D eigenvalue weighted by Crippen LogP contribution is 2.31. The van der Waals surface area contributed by atoms with Crippen molar-refractivity contribution in [2.45, 2.75) is 6.42 Å². The molecule has 0 radical (unpaired) electrons. The van der Waals surface area contributed by atoms with Gasteiger partial charge in [-0.3, -0.25) is 4.79 Å². The van der Waals surface area contributed by atoms with Gasteiger partial charge in [0, 0.05) is 22.3 Å². The minimum atomic E-state index is -0.134. The van der Waals surface area contributed by atoms with Gasteiger partial charge in [-0.1, -0.05) is 66.2 Å². The molecule has 0 aliphatic heterocycles. The van der Waals surface area contributed by atoms with Gasteiger partial charge >= 0.3 is 0 Å². The van der Waals surface area contributed by atoms with Crippen LogP contribution in [0.3, 0.4) is 0 Å². The lowest BCUT2D eigenvalue weighted by atomic mass is 10.1. The molecule has 122 valence electrons. The van der Waals surface area contributed by atoms with Crippen LogP contribution in [-0.4, -0.2) is 19.1 Å². The monoisotopic (exact) mass is 339 g/mol. The molecule has 0 atom stereocenters. The Morgan fingerprint density at radius 3 is 2.42 bits per heavy atom. The molecule has 0 aliphatic rings. The number of rotatable bonds is 6. The maximum Gasteiger partial charge on any atom is 0.257 e. The number of halogens is 1. The van der Waals surface area contributed by atoms with E-state index in [9.17, 15) is 4.79 Å². The Kier molecular flexibility index (Phi) is 5.34. The Balaban J connectivity index is 1.54. The van der Waals surface area contributed by atoms with Crippen LogP contribution in [0, 0.1) is 0 Å². The van der Waals surface area contributed by atoms with Crippen LogP contribution < -0.4 is 10.1 Å². The average Bonchev–Trinajstić information content (AvgIpc) is 2.62. The second-order valence-electron chi connectivity index (χ2n) is 5.47. The second-order valence-corrected chi connectivity index (χ2v) is 5.87. The molecule has 3 aromatic carbocycles. The molecule has 0 aromatic heterocycles. The number of carbonyl (C=O) groups excluding carboxylic acids is 1. The lowest BCUT2D eigenvalue weighted by Crippen LogP contribution is -2.30. The summed E-state index contributed by atoms with van der Waals surface area (Å²) >= 11 is 6.18. The molecular weight excluding hydrogens is 322 g/mol. The molecule has 0 fully saturated rings. The third-order valence-corrected chi connectivity index (χ3v) is 4.10. The quantitative estimate of drug-likeness (QED) is 0.729. The van der Waals surface area contributed by atoms with Gasteiger partial charge in [-0.2, -0.15) is 0 Å². The third kappa shape index (κ3) is 4.06. The maximum absolute atomic E-state index is 11.9. The number of hydrogen-bond donors (Lipinski definition) is 1. The van der Waals surface area contributed by atoms with Crippen LogP contribution >= 0.6 is 11.6 Å². The summed E-state index contributed by atoms with van der Waals surface area (Å²) in [5, 5.41) is 5.36. The van der Waals surface area contributed by atoms with Crippen molar-refractivity contribution in [2.75, 3.05) is 13.2 Å². The minimum absolute atomic E-state index is 0.0135. The van der Waals surface area contributed by atoms with Crippen molar-refractivity contribution in [3.8, 4) is 5.75 Å². The second kappa shape index (κ2) is 7.84. The molecule has 3 aromatic rings. The number of carbonyl (C=O) groups is 1. The van der Waals surface area contributed by atoms with E-state index in [0.717, 1.165) is 17.2 Å². The molecule has 0 aliphatic carbocycles. The Morgan fingerprint density at radius 1 is 0.917 bits per heavy atom. The van der Waals surface area contributed by atoms with Crippen LogP contribution in [0.2, 0.25) is 5.02 Å². The standard InChI is InChI=1S/C20H18ClNO2/c21-18-10-11-19(17-9-5-4-8-16(17)18)24-14-20(23)22-13-12-15-6-2-1-3-7-15/h1-11H,12-14H2,(H,22,23). The van der Waals surface area contributed by atoms with Crippen molar-refractivity contribution in [2.24, 2.45) is 0 Å². The van der Waals surface area contributed by atoms with Crippen molar-refractivity contribution in [3.63, 3.8) is 0 Å². The first kappa shape index (κ1) is 16.3. The Labute approximate surface area is 146 Å². The Hall–Kier alpha value is -2.52. The van der Waals surface area contributed by atoms with Gasteiger partial charge in [-0.25, -0.2) is 0 Å². The summed E-state index contributed by atoms with van der Waals surface area (Å²) in [7, 11) is 0. The third-order valence-electron chi connectivity index (χ3n) is 3.77. The topological polar surface area (TPSA) is 38.3 Å². The normalized spacial score (nSPS) is 10.5. The first-order chi connectivity index (χ1) is 11.7. The van der Waals surface area contributed by atoms with Crippen molar-refractivity contribution < 1.29 is 9.53 Å². The summed E-state index contributed by atoms with van der Waals surface area (Å²) in [5.74, 6) is 0.526. The molecule has 3 rings (SSSR count). The van der Waals surface area contributed by atoms with Gasteiger partial charge in [-0.05, 0) is 24.1 Å². The highest BCUT2D eigenvalue weighted by atomic mass is 35.5. The van der Waals surface area contributed by atoms with Crippen molar-refractivity contribution >= 4 is 28.3 Å². The molecule has 0 unspecified atom stereocenters. The zero-order valence-electron chi connectivity index (χ0n) is 13.2. The van der Waals surface area contributed by atoms with Crippen LogP contribution in [0.1, 0.15) is 5.56 Å². The predicted octanol–water partition coefficient (Wildman–Crippen LogP) is 4.23. The smallest absolute Gasteiger partial charge is 0.257 e. The largest absolute Gasteiger partial charge is 0.483 e. The molecule has 0 spiro atoms. The van der Waals surface area contributed by atoms with E-state index in [1.54, 1.807) is 12.1 Å². The first-order valence-corrected chi connectivity index (χ1v) is 8.22. The van der Waals surface area contributed by atoms with Gasteiger partial charge in [0.05, 0.1) is 0 Å². The van der Waals surface area contributed by atoms with Crippen molar-refractivity contribution in [1.29, 1.82) is 0 Å². The Bertz CT molecular complexity index is 833. The zero-order chi connectivity index (χ0) is 16.8. The first-order valence-electron chi connectivity index (χ1n) is 7.85. The van der Waals surface area contributed by atoms with Crippen LogP contribution in [0.15, 0.2) is 66.7 Å². The van der Waals surface area contributed by atoms with Gasteiger partial charge in [0.1, 0.15) is 5.75 Å². The predicted molar refractivity (Wildman–Crippen MR) is 97.6 cm³/mol. The molecule has 24 heavy (non-hydrogen) atoms. The van der Waals surface area contributed by atoms with E-state index in [0.29, 0.717) is 17.3 Å². The highest BCUT2D eigenvalue weighted by Gasteiger charge is 2.07.